The second-order valence-electron chi connectivity index (χ2n) is 8.99. The van der Waals surface area contributed by atoms with E-state index >= 15 is 0 Å². The van der Waals surface area contributed by atoms with E-state index in [9.17, 15) is 9.59 Å². The average Bonchev–Trinajstić information content (AvgIpc) is 3.01. The van der Waals surface area contributed by atoms with E-state index in [-0.39, 0.29) is 11.3 Å². The molecule has 0 aliphatic carbocycles. The Morgan fingerprint density at radius 1 is 0.952 bits per heavy atom. The number of methoxy groups -OCH3 is 1. The molecule has 5 rings (SSSR count). The molecule has 0 spiro atoms. The van der Waals surface area contributed by atoms with Crippen molar-refractivity contribution in [3.63, 3.8) is 0 Å². The first-order valence-electron chi connectivity index (χ1n) is 13.1. The second kappa shape index (κ2) is 13.0. The van der Waals surface area contributed by atoms with Crippen LogP contribution in [0.3, 0.4) is 0 Å². The number of hydrogen-bond acceptors (Lipinski definition) is 7. The lowest BCUT2D eigenvalue weighted by Crippen LogP contribution is -2.20. The summed E-state index contributed by atoms with van der Waals surface area (Å²) in [6.07, 6.45) is 4.49. The van der Waals surface area contributed by atoms with Crippen molar-refractivity contribution in [1.29, 1.82) is 0 Å². The molecule has 0 bridgehead atoms. The molecule has 0 fully saturated rings. The molecule has 0 atom stereocenters. The number of fused-ring (bicyclic) bond motifs is 1. The Morgan fingerprint density at radius 2 is 1.69 bits per heavy atom. The smallest absolute Gasteiger partial charge is 0.336 e. The van der Waals surface area contributed by atoms with Gasteiger partial charge >= 0.3 is 5.97 Å². The van der Waals surface area contributed by atoms with Crippen LogP contribution in [-0.2, 0) is 4.79 Å². The number of ether oxygens (including phenoxy) is 3. The highest BCUT2D eigenvalue weighted by Crippen LogP contribution is 2.29. The van der Waals surface area contributed by atoms with E-state index in [0.717, 1.165) is 5.56 Å². The van der Waals surface area contributed by atoms with Crippen molar-refractivity contribution in [2.75, 3.05) is 13.7 Å². The van der Waals surface area contributed by atoms with E-state index in [1.807, 2.05) is 25.1 Å². The molecule has 0 saturated heterocycles. The highest BCUT2D eigenvalue weighted by atomic mass is 35.5. The molecule has 9 heteroatoms. The summed E-state index contributed by atoms with van der Waals surface area (Å²) in [6.45, 7) is 2.18. The number of rotatable bonds is 9. The fourth-order valence-corrected chi connectivity index (χ4v) is 4.25. The van der Waals surface area contributed by atoms with Gasteiger partial charge < -0.3 is 14.2 Å². The van der Waals surface area contributed by atoms with E-state index in [1.54, 1.807) is 86.0 Å². The number of halogens is 1. The maximum atomic E-state index is 13.5. The summed E-state index contributed by atoms with van der Waals surface area (Å²) in [5.74, 6) is 1.10. The van der Waals surface area contributed by atoms with Gasteiger partial charge in [0.2, 0.25) is 0 Å². The minimum Gasteiger partial charge on any atom is -0.497 e. The number of carbonyl (C=O) groups is 1. The second-order valence-corrected chi connectivity index (χ2v) is 9.42. The predicted octanol–water partition coefficient (Wildman–Crippen LogP) is 6.63. The molecule has 0 amide bonds. The minimum atomic E-state index is -0.565. The number of benzene rings is 4. The minimum absolute atomic E-state index is 0.253. The van der Waals surface area contributed by atoms with Crippen LogP contribution in [0.5, 0.6) is 17.2 Å². The zero-order valence-corrected chi connectivity index (χ0v) is 23.6. The Kier molecular flexibility index (Phi) is 8.75. The van der Waals surface area contributed by atoms with Crippen molar-refractivity contribution in [3.05, 3.63) is 124 Å². The van der Waals surface area contributed by atoms with Crippen molar-refractivity contribution in [2.24, 2.45) is 5.10 Å². The van der Waals surface area contributed by atoms with E-state index in [1.165, 1.54) is 17.0 Å². The SMILES string of the molecule is CCOc1cc(C=Nn2c(-c3ccc(OC)cc3)nc3ccccc3c2=O)ccc1OC(=O)/C=C/c1ccc(Cl)cc1. The summed E-state index contributed by atoms with van der Waals surface area (Å²) in [4.78, 5) is 30.7. The monoisotopic (exact) mass is 579 g/mol. The third-order valence-corrected chi connectivity index (χ3v) is 6.44. The summed E-state index contributed by atoms with van der Waals surface area (Å²) in [7, 11) is 1.59. The molecule has 4 aromatic carbocycles. The molecule has 5 aromatic rings. The number of aromatic nitrogens is 2. The van der Waals surface area contributed by atoms with E-state index in [0.29, 0.717) is 51.0 Å². The molecule has 8 nitrogen and oxygen atoms in total. The highest BCUT2D eigenvalue weighted by Gasteiger charge is 2.13. The summed E-state index contributed by atoms with van der Waals surface area (Å²) < 4.78 is 17.8. The molecule has 0 N–H and O–H groups in total. The lowest BCUT2D eigenvalue weighted by molar-refractivity contribution is -0.129. The van der Waals surface area contributed by atoms with Gasteiger partial charge in [-0.2, -0.15) is 9.78 Å². The summed E-state index contributed by atoms with van der Waals surface area (Å²) in [5.41, 5.74) is 2.37. The fourth-order valence-electron chi connectivity index (χ4n) is 4.12. The van der Waals surface area contributed by atoms with Crippen LogP contribution < -0.4 is 19.8 Å². The number of carbonyl (C=O) groups excluding carboxylic acids is 1. The zero-order chi connectivity index (χ0) is 29.5. The van der Waals surface area contributed by atoms with Gasteiger partial charge in [0.15, 0.2) is 17.3 Å². The Bertz CT molecular complexity index is 1850. The van der Waals surface area contributed by atoms with Crippen molar-refractivity contribution in [1.82, 2.24) is 9.66 Å². The largest absolute Gasteiger partial charge is 0.497 e. The molecule has 210 valence electrons. The van der Waals surface area contributed by atoms with Gasteiger partial charge in [-0.3, -0.25) is 4.79 Å². The van der Waals surface area contributed by atoms with Crippen LogP contribution in [-0.4, -0.2) is 35.6 Å². The number of esters is 1. The molecular formula is C33H26ClN3O5. The quantitative estimate of drug-likeness (QED) is 0.0843. The maximum absolute atomic E-state index is 13.5. The normalized spacial score (nSPS) is 11.3. The number of para-hydroxylation sites is 1. The van der Waals surface area contributed by atoms with Crippen molar-refractivity contribution >= 4 is 40.8 Å². The van der Waals surface area contributed by atoms with Crippen LogP contribution in [0.4, 0.5) is 0 Å². The summed E-state index contributed by atoms with van der Waals surface area (Å²) in [6, 6.07) is 26.4. The standard InChI is InChI=1S/C33H26ClN3O5/c1-3-41-30-20-23(10-18-29(30)42-31(38)19-11-22-8-14-25(34)15-9-22)21-35-37-32(24-12-16-26(40-2)17-13-24)36-28-7-5-4-6-27(28)33(37)39/h4-21H,3H2,1-2H3/b19-11+,35-21?. The van der Waals surface area contributed by atoms with Gasteiger partial charge in [0, 0.05) is 16.7 Å². The first kappa shape index (κ1) is 28.3. The lowest BCUT2D eigenvalue weighted by atomic mass is 10.2. The van der Waals surface area contributed by atoms with Crippen LogP contribution >= 0.6 is 11.6 Å². The molecule has 0 aliphatic rings. The molecule has 1 aromatic heterocycles. The van der Waals surface area contributed by atoms with E-state index in [4.69, 9.17) is 30.8 Å². The topological polar surface area (TPSA) is 92.0 Å². The van der Waals surface area contributed by atoms with Crippen LogP contribution in [0.25, 0.3) is 28.4 Å². The average molecular weight is 580 g/mol. The van der Waals surface area contributed by atoms with Crippen LogP contribution in [0.1, 0.15) is 18.1 Å². The van der Waals surface area contributed by atoms with Crippen molar-refractivity contribution in [3.8, 4) is 28.6 Å². The molecule has 42 heavy (non-hydrogen) atoms. The third-order valence-electron chi connectivity index (χ3n) is 6.18. The molecular weight excluding hydrogens is 554 g/mol. The molecule has 0 aliphatic heterocycles. The predicted molar refractivity (Wildman–Crippen MR) is 165 cm³/mol. The van der Waals surface area contributed by atoms with Crippen LogP contribution in [0, 0.1) is 0 Å². The van der Waals surface area contributed by atoms with Gasteiger partial charge in [-0.15, -0.1) is 0 Å². The van der Waals surface area contributed by atoms with E-state index in [2.05, 4.69) is 5.10 Å². The lowest BCUT2D eigenvalue weighted by Gasteiger charge is -2.11. The van der Waals surface area contributed by atoms with Crippen molar-refractivity contribution < 1.29 is 19.0 Å². The fraction of sp³-hybridized carbons (Fsp3) is 0.0909. The first-order valence-corrected chi connectivity index (χ1v) is 13.5. The number of hydrogen-bond donors (Lipinski definition) is 0. The van der Waals surface area contributed by atoms with Crippen molar-refractivity contribution in [2.45, 2.75) is 6.92 Å². The van der Waals surface area contributed by atoms with Gasteiger partial charge in [0.25, 0.3) is 5.56 Å². The Labute approximate surface area is 247 Å². The van der Waals surface area contributed by atoms with Gasteiger partial charge in [-0.1, -0.05) is 35.9 Å². The molecule has 1 heterocycles. The van der Waals surface area contributed by atoms with Crippen LogP contribution in [0.15, 0.2) is 107 Å². The molecule has 0 saturated carbocycles. The highest BCUT2D eigenvalue weighted by molar-refractivity contribution is 6.30. The van der Waals surface area contributed by atoms with Gasteiger partial charge in [0.05, 0.1) is 30.8 Å². The van der Waals surface area contributed by atoms with Gasteiger partial charge in [0.1, 0.15) is 5.75 Å². The Balaban J connectivity index is 1.45. The summed E-state index contributed by atoms with van der Waals surface area (Å²) in [5, 5.41) is 5.56. The Morgan fingerprint density at radius 3 is 2.43 bits per heavy atom. The zero-order valence-electron chi connectivity index (χ0n) is 22.9. The number of nitrogens with zero attached hydrogens (tertiary/aromatic N) is 3. The van der Waals surface area contributed by atoms with Crippen LogP contribution in [0.2, 0.25) is 5.02 Å². The maximum Gasteiger partial charge on any atom is 0.336 e. The third kappa shape index (κ3) is 6.56. The van der Waals surface area contributed by atoms with E-state index < -0.39 is 5.97 Å². The summed E-state index contributed by atoms with van der Waals surface area (Å²) >= 11 is 5.91. The molecule has 0 unspecified atom stereocenters. The Hall–Kier alpha value is -5.21. The molecule has 0 radical (unpaired) electrons. The van der Waals surface area contributed by atoms with Gasteiger partial charge in [-0.05, 0) is 90.9 Å². The van der Waals surface area contributed by atoms with Gasteiger partial charge in [-0.25, -0.2) is 9.78 Å². The first-order chi connectivity index (χ1) is 20.4.